The molecule has 0 aromatic carbocycles. The van der Waals surface area contributed by atoms with Gasteiger partial charge >= 0.3 is 0 Å². The Kier molecular flexibility index (Phi) is 14.2. The molecule has 11 nitrogen and oxygen atoms in total. The zero-order valence-electron chi connectivity index (χ0n) is 21.2. The number of rotatable bonds is 16. The summed E-state index contributed by atoms with van der Waals surface area (Å²) in [5, 5.41) is 70.4. The number of hydrogen-bond donors (Lipinski definition) is 7. The maximum absolute atomic E-state index is 12.4. The standard InChI is InChI=1S/C25H46O11/c1-2-3-4-5-6-7-8-9-10-11-15(28)12-16-19(29)22(32)24(18(14-27)34-16)36-25-23(33)21(31)20(30)17(13-26)35-25/h16-27,29-33H,2-14H2,1H3/t16-,17?,18?,19?,20-,21-,22+,23?,24+,25-/m0/s1. The maximum atomic E-state index is 12.4. The number of hydrogen-bond acceptors (Lipinski definition) is 11. The zero-order valence-corrected chi connectivity index (χ0v) is 21.2. The van der Waals surface area contributed by atoms with E-state index in [1.54, 1.807) is 0 Å². The lowest BCUT2D eigenvalue weighted by atomic mass is 9.91. The predicted molar refractivity (Wildman–Crippen MR) is 128 cm³/mol. The van der Waals surface area contributed by atoms with Crippen molar-refractivity contribution in [1.29, 1.82) is 0 Å². The SMILES string of the molecule is CCCCCCCCCCCC(=O)C[C@@H]1OC(CO)[C@@H](O[C@@H]2OC(CO)[C@H](O)[C@H](O)C2O)[C@H](O)C1O. The Balaban J connectivity index is 1.81. The summed E-state index contributed by atoms with van der Waals surface area (Å²) in [7, 11) is 0. The summed E-state index contributed by atoms with van der Waals surface area (Å²) in [5.74, 6) is -0.112. The van der Waals surface area contributed by atoms with Crippen molar-refractivity contribution in [2.24, 2.45) is 0 Å². The largest absolute Gasteiger partial charge is 0.394 e. The van der Waals surface area contributed by atoms with Gasteiger partial charge in [0.2, 0.25) is 0 Å². The van der Waals surface area contributed by atoms with Gasteiger partial charge < -0.3 is 50.0 Å². The second kappa shape index (κ2) is 16.3. The molecular weight excluding hydrogens is 476 g/mol. The van der Waals surface area contributed by atoms with Crippen molar-refractivity contribution >= 4 is 5.78 Å². The van der Waals surface area contributed by atoms with Gasteiger partial charge in [0.15, 0.2) is 6.29 Å². The van der Waals surface area contributed by atoms with Crippen molar-refractivity contribution in [3.8, 4) is 0 Å². The molecule has 4 unspecified atom stereocenters. The number of aliphatic hydroxyl groups is 7. The second-order valence-corrected chi connectivity index (χ2v) is 10.00. The molecule has 2 saturated heterocycles. The van der Waals surface area contributed by atoms with E-state index >= 15 is 0 Å². The summed E-state index contributed by atoms with van der Waals surface area (Å²) in [6, 6.07) is 0. The number of Topliss-reactive ketones (excluding diaryl/α,β-unsaturated/α-hetero) is 1. The molecule has 11 heteroatoms. The van der Waals surface area contributed by atoms with E-state index in [-0.39, 0.29) is 12.2 Å². The van der Waals surface area contributed by atoms with E-state index in [9.17, 15) is 40.5 Å². The van der Waals surface area contributed by atoms with Crippen LogP contribution >= 0.6 is 0 Å². The number of carbonyl (C=O) groups excluding carboxylic acids is 1. The Labute approximate surface area is 213 Å². The minimum absolute atomic E-state index is 0.112. The first-order valence-corrected chi connectivity index (χ1v) is 13.3. The van der Waals surface area contributed by atoms with Crippen LogP contribution < -0.4 is 0 Å². The average Bonchev–Trinajstić information content (AvgIpc) is 2.87. The summed E-state index contributed by atoms with van der Waals surface area (Å²) in [6.45, 7) is 0.911. The Bertz CT molecular complexity index is 617. The lowest BCUT2D eigenvalue weighted by Gasteiger charge is -2.46. The fraction of sp³-hybridized carbons (Fsp3) is 0.960. The molecule has 2 rings (SSSR count). The van der Waals surface area contributed by atoms with Crippen molar-refractivity contribution in [2.75, 3.05) is 13.2 Å². The van der Waals surface area contributed by atoms with Crippen LogP contribution in [0.15, 0.2) is 0 Å². The highest BCUT2D eigenvalue weighted by atomic mass is 16.7. The molecule has 2 heterocycles. The van der Waals surface area contributed by atoms with Crippen molar-refractivity contribution in [3.63, 3.8) is 0 Å². The summed E-state index contributed by atoms with van der Waals surface area (Å²) < 4.78 is 16.5. The molecule has 0 bridgehead atoms. The van der Waals surface area contributed by atoms with Crippen molar-refractivity contribution in [3.05, 3.63) is 0 Å². The van der Waals surface area contributed by atoms with Crippen LogP contribution in [0.4, 0.5) is 0 Å². The quantitative estimate of drug-likeness (QED) is 0.130. The average molecular weight is 523 g/mol. The molecule has 0 aromatic rings. The molecule has 2 fully saturated rings. The first kappa shape index (κ1) is 31.5. The van der Waals surface area contributed by atoms with Gasteiger partial charge in [0.05, 0.1) is 19.3 Å². The molecule has 36 heavy (non-hydrogen) atoms. The third kappa shape index (κ3) is 8.93. The van der Waals surface area contributed by atoms with Gasteiger partial charge in [-0.1, -0.05) is 58.3 Å². The van der Waals surface area contributed by atoms with Crippen LogP contribution in [0.2, 0.25) is 0 Å². The van der Waals surface area contributed by atoms with E-state index in [1.807, 2.05) is 0 Å². The highest BCUT2D eigenvalue weighted by Gasteiger charge is 2.50. The lowest BCUT2D eigenvalue weighted by Crippen LogP contribution is -2.64. The number of unbranched alkanes of at least 4 members (excludes halogenated alkanes) is 8. The van der Waals surface area contributed by atoms with Crippen LogP contribution in [0.1, 0.15) is 77.6 Å². The molecule has 212 valence electrons. The van der Waals surface area contributed by atoms with Crippen LogP contribution in [-0.2, 0) is 19.0 Å². The van der Waals surface area contributed by atoms with E-state index in [0.717, 1.165) is 25.7 Å². The molecule has 0 amide bonds. The molecule has 0 aromatic heterocycles. The summed E-state index contributed by atoms with van der Waals surface area (Å²) in [5.41, 5.74) is 0. The van der Waals surface area contributed by atoms with Crippen molar-refractivity contribution in [2.45, 2.75) is 139 Å². The molecule has 2 aliphatic heterocycles. The highest BCUT2D eigenvalue weighted by molar-refractivity contribution is 5.78. The second-order valence-electron chi connectivity index (χ2n) is 10.00. The van der Waals surface area contributed by atoms with Gasteiger partial charge in [-0.05, 0) is 6.42 Å². The summed E-state index contributed by atoms with van der Waals surface area (Å²) in [4.78, 5) is 12.4. The normalized spacial score (nSPS) is 37.2. The van der Waals surface area contributed by atoms with E-state index in [0.29, 0.717) is 6.42 Å². The van der Waals surface area contributed by atoms with E-state index < -0.39 is 74.4 Å². The molecule has 0 saturated carbocycles. The molecule has 10 atom stereocenters. The molecule has 7 N–H and O–H groups in total. The van der Waals surface area contributed by atoms with E-state index in [4.69, 9.17) is 14.2 Å². The Morgan fingerprint density at radius 3 is 1.81 bits per heavy atom. The third-order valence-electron chi connectivity index (χ3n) is 7.09. The highest BCUT2D eigenvalue weighted by Crippen LogP contribution is 2.30. The summed E-state index contributed by atoms with van der Waals surface area (Å²) in [6.07, 6.45) is -4.08. The fourth-order valence-corrected chi connectivity index (χ4v) is 4.79. The lowest BCUT2D eigenvalue weighted by molar-refractivity contribution is -0.341. The Morgan fingerprint density at radius 1 is 0.667 bits per heavy atom. The third-order valence-corrected chi connectivity index (χ3v) is 7.09. The van der Waals surface area contributed by atoms with E-state index in [1.165, 1.54) is 32.1 Å². The van der Waals surface area contributed by atoms with Gasteiger partial charge in [-0.25, -0.2) is 0 Å². The van der Waals surface area contributed by atoms with Crippen LogP contribution in [0.5, 0.6) is 0 Å². The van der Waals surface area contributed by atoms with Crippen LogP contribution in [0.3, 0.4) is 0 Å². The zero-order chi connectivity index (χ0) is 26.7. The molecule has 0 spiro atoms. The van der Waals surface area contributed by atoms with Gasteiger partial charge in [0.1, 0.15) is 54.6 Å². The Morgan fingerprint density at radius 2 is 1.22 bits per heavy atom. The maximum Gasteiger partial charge on any atom is 0.187 e. The Hall–Kier alpha value is -0.730. The van der Waals surface area contributed by atoms with E-state index in [2.05, 4.69) is 6.92 Å². The van der Waals surface area contributed by atoms with Crippen LogP contribution in [-0.4, -0.2) is 116 Å². The first-order valence-electron chi connectivity index (χ1n) is 13.3. The number of ketones is 1. The topological polar surface area (TPSA) is 186 Å². The monoisotopic (exact) mass is 522 g/mol. The number of aliphatic hydroxyl groups excluding tert-OH is 7. The predicted octanol–water partition coefficient (Wildman–Crippen LogP) is -0.467. The fourth-order valence-electron chi connectivity index (χ4n) is 4.79. The minimum Gasteiger partial charge on any atom is -0.394 e. The first-order chi connectivity index (χ1) is 17.2. The van der Waals surface area contributed by atoms with Gasteiger partial charge in [-0.2, -0.15) is 0 Å². The molecule has 0 radical (unpaired) electrons. The van der Waals surface area contributed by atoms with Gasteiger partial charge in [0.25, 0.3) is 0 Å². The molecule has 0 aliphatic carbocycles. The van der Waals surface area contributed by atoms with Gasteiger partial charge in [-0.3, -0.25) is 4.79 Å². The van der Waals surface area contributed by atoms with Crippen LogP contribution in [0.25, 0.3) is 0 Å². The number of carbonyl (C=O) groups is 1. The van der Waals surface area contributed by atoms with Crippen molar-refractivity contribution < 1.29 is 54.8 Å². The van der Waals surface area contributed by atoms with Crippen LogP contribution in [0, 0.1) is 0 Å². The smallest absolute Gasteiger partial charge is 0.187 e. The number of ether oxygens (including phenoxy) is 3. The summed E-state index contributed by atoms with van der Waals surface area (Å²) >= 11 is 0. The minimum atomic E-state index is -1.72. The molecule has 2 aliphatic rings. The molecular formula is C25H46O11. The van der Waals surface area contributed by atoms with Gasteiger partial charge in [-0.15, -0.1) is 0 Å². The van der Waals surface area contributed by atoms with Crippen molar-refractivity contribution in [1.82, 2.24) is 0 Å². The van der Waals surface area contributed by atoms with Gasteiger partial charge in [0, 0.05) is 12.8 Å².